The van der Waals surface area contributed by atoms with Gasteiger partial charge >= 0.3 is 0 Å². The van der Waals surface area contributed by atoms with Crippen molar-refractivity contribution >= 4 is 0 Å². The van der Waals surface area contributed by atoms with Crippen LogP contribution in [-0.4, -0.2) is 54.9 Å². The zero-order valence-electron chi connectivity index (χ0n) is 15.0. The maximum absolute atomic E-state index is 6.27. The van der Waals surface area contributed by atoms with Gasteiger partial charge in [0.05, 0.1) is 12.1 Å². The Kier molecular flexibility index (Phi) is 4.66. The minimum atomic E-state index is -0.686. The second-order valence-corrected chi connectivity index (χ2v) is 7.55. The molecule has 3 aliphatic rings. The molecule has 0 spiro atoms. The zero-order chi connectivity index (χ0) is 17.6. The molecule has 0 saturated carbocycles. The first-order chi connectivity index (χ1) is 11.2. The predicted octanol–water partition coefficient (Wildman–Crippen LogP) is 2.10. The maximum atomic E-state index is 6.27. The van der Waals surface area contributed by atoms with Crippen molar-refractivity contribution in [3.8, 4) is 0 Å². The molecule has 0 amide bonds. The van der Waals surface area contributed by atoms with E-state index in [1.807, 2.05) is 39.8 Å². The number of hydrogen-bond acceptors (Lipinski definition) is 6. The van der Waals surface area contributed by atoms with Gasteiger partial charge in [-0.15, -0.1) is 13.2 Å². The van der Waals surface area contributed by atoms with Gasteiger partial charge in [-0.1, -0.05) is 12.2 Å². The van der Waals surface area contributed by atoms with Gasteiger partial charge in [0.1, 0.15) is 18.3 Å². The van der Waals surface area contributed by atoms with Crippen LogP contribution in [-0.2, 0) is 23.7 Å². The second-order valence-electron chi connectivity index (χ2n) is 7.55. The lowest BCUT2D eigenvalue weighted by Gasteiger charge is -2.40. The van der Waals surface area contributed by atoms with E-state index in [1.54, 1.807) is 0 Å². The molecular weight excluding hydrogens is 310 g/mol. The Morgan fingerprint density at radius 1 is 1.00 bits per heavy atom. The van der Waals surface area contributed by atoms with Crippen molar-refractivity contribution in [1.29, 1.82) is 0 Å². The van der Waals surface area contributed by atoms with Gasteiger partial charge in [-0.05, 0) is 34.1 Å². The summed E-state index contributed by atoms with van der Waals surface area (Å²) in [5, 5.41) is 3.55. The van der Waals surface area contributed by atoms with Gasteiger partial charge in [0.15, 0.2) is 17.9 Å². The van der Waals surface area contributed by atoms with E-state index in [-0.39, 0.29) is 18.3 Å². The van der Waals surface area contributed by atoms with E-state index in [0.29, 0.717) is 19.6 Å². The highest BCUT2D eigenvalue weighted by Gasteiger charge is 2.65. The SMILES string of the molecule is C=CCN[C@]1(CC=C)[C@@H]([C@H]2COC(C)(C)O2)O[C@@H]2OC(C)(C)O[C@@H]21. The van der Waals surface area contributed by atoms with Crippen LogP contribution in [0.4, 0.5) is 0 Å². The third kappa shape index (κ3) is 3.07. The van der Waals surface area contributed by atoms with E-state index in [4.69, 9.17) is 23.7 Å². The Labute approximate surface area is 144 Å². The fourth-order valence-corrected chi connectivity index (χ4v) is 3.90. The van der Waals surface area contributed by atoms with E-state index in [9.17, 15) is 0 Å². The molecule has 3 heterocycles. The van der Waals surface area contributed by atoms with Crippen molar-refractivity contribution in [2.75, 3.05) is 13.2 Å². The van der Waals surface area contributed by atoms with Crippen molar-refractivity contribution in [1.82, 2.24) is 5.32 Å². The molecule has 6 heteroatoms. The summed E-state index contributed by atoms with van der Waals surface area (Å²) in [5.41, 5.74) is -0.511. The quantitative estimate of drug-likeness (QED) is 0.748. The smallest absolute Gasteiger partial charge is 0.189 e. The molecule has 0 aliphatic carbocycles. The maximum Gasteiger partial charge on any atom is 0.189 e. The lowest BCUT2D eigenvalue weighted by molar-refractivity contribution is -0.230. The average Bonchev–Trinajstić information content (AvgIpc) is 3.07. The van der Waals surface area contributed by atoms with E-state index in [0.717, 1.165) is 0 Å². The van der Waals surface area contributed by atoms with Crippen LogP contribution in [0.3, 0.4) is 0 Å². The minimum Gasteiger partial charge on any atom is -0.348 e. The molecule has 24 heavy (non-hydrogen) atoms. The Morgan fingerprint density at radius 3 is 2.33 bits per heavy atom. The second kappa shape index (κ2) is 6.20. The molecule has 136 valence electrons. The topological polar surface area (TPSA) is 58.2 Å². The van der Waals surface area contributed by atoms with Crippen LogP contribution in [0, 0.1) is 0 Å². The molecule has 5 atom stereocenters. The minimum absolute atomic E-state index is 0.210. The molecule has 0 aromatic rings. The molecule has 0 aromatic carbocycles. The molecule has 3 aliphatic heterocycles. The van der Waals surface area contributed by atoms with Crippen molar-refractivity contribution in [2.45, 2.75) is 75.8 Å². The third-order valence-corrected chi connectivity index (χ3v) is 4.78. The van der Waals surface area contributed by atoms with Crippen LogP contribution in [0.15, 0.2) is 25.3 Å². The predicted molar refractivity (Wildman–Crippen MR) is 89.3 cm³/mol. The summed E-state index contributed by atoms with van der Waals surface area (Å²) in [6.45, 7) is 16.4. The highest BCUT2D eigenvalue weighted by atomic mass is 16.8. The average molecular weight is 339 g/mol. The van der Waals surface area contributed by atoms with Crippen LogP contribution < -0.4 is 5.32 Å². The van der Waals surface area contributed by atoms with Gasteiger partial charge in [0.2, 0.25) is 0 Å². The number of nitrogens with one attached hydrogen (secondary N) is 1. The fraction of sp³-hybridized carbons (Fsp3) is 0.778. The monoisotopic (exact) mass is 339 g/mol. The Morgan fingerprint density at radius 2 is 1.75 bits per heavy atom. The fourth-order valence-electron chi connectivity index (χ4n) is 3.90. The van der Waals surface area contributed by atoms with Gasteiger partial charge in [-0.2, -0.15) is 0 Å². The van der Waals surface area contributed by atoms with Gasteiger partial charge < -0.3 is 29.0 Å². The molecule has 1 N–H and O–H groups in total. The molecule has 3 rings (SSSR count). The molecule has 0 bridgehead atoms. The standard InChI is InChI=1S/C18H29NO5/c1-7-9-18(19-10-8-2)13(12-11-20-16(3,4)22-12)21-15-14(18)23-17(5,6)24-15/h7-8,12-15,19H,1-2,9-11H2,3-6H3/t12-,13-,14+,15-,18-/m1/s1. The summed E-state index contributed by atoms with van der Waals surface area (Å²) >= 11 is 0. The van der Waals surface area contributed by atoms with Crippen LogP contribution >= 0.6 is 0 Å². The summed E-state index contributed by atoms with van der Waals surface area (Å²) in [7, 11) is 0. The zero-order valence-corrected chi connectivity index (χ0v) is 15.0. The van der Waals surface area contributed by atoms with Gasteiger partial charge in [0.25, 0.3) is 0 Å². The molecule has 3 saturated heterocycles. The molecule has 0 radical (unpaired) electrons. The Hall–Kier alpha value is -0.760. The molecule has 6 nitrogen and oxygen atoms in total. The van der Waals surface area contributed by atoms with E-state index in [2.05, 4.69) is 18.5 Å². The summed E-state index contributed by atoms with van der Waals surface area (Å²) in [6.07, 6.45) is 3.17. The van der Waals surface area contributed by atoms with Crippen LogP contribution in [0.5, 0.6) is 0 Å². The van der Waals surface area contributed by atoms with Crippen molar-refractivity contribution < 1.29 is 23.7 Å². The van der Waals surface area contributed by atoms with Gasteiger partial charge in [-0.25, -0.2) is 0 Å². The number of ether oxygens (including phenoxy) is 5. The van der Waals surface area contributed by atoms with Crippen LogP contribution in [0.2, 0.25) is 0 Å². The van der Waals surface area contributed by atoms with Crippen molar-refractivity contribution in [3.05, 3.63) is 25.3 Å². The van der Waals surface area contributed by atoms with Gasteiger partial charge in [-0.3, -0.25) is 0 Å². The first kappa shape index (κ1) is 18.0. The largest absolute Gasteiger partial charge is 0.348 e. The van der Waals surface area contributed by atoms with E-state index < -0.39 is 23.4 Å². The van der Waals surface area contributed by atoms with Gasteiger partial charge in [0, 0.05) is 6.54 Å². The third-order valence-electron chi connectivity index (χ3n) is 4.78. The van der Waals surface area contributed by atoms with Crippen LogP contribution in [0.1, 0.15) is 34.1 Å². The number of hydrogen-bond donors (Lipinski definition) is 1. The van der Waals surface area contributed by atoms with E-state index in [1.165, 1.54) is 0 Å². The first-order valence-corrected chi connectivity index (χ1v) is 8.53. The lowest BCUT2D eigenvalue weighted by Crippen LogP contribution is -2.62. The molecule has 0 aromatic heterocycles. The Balaban J connectivity index is 1.92. The number of fused-ring (bicyclic) bond motifs is 1. The Bertz CT molecular complexity index is 506. The lowest BCUT2D eigenvalue weighted by atomic mass is 9.82. The molecule has 3 fully saturated rings. The summed E-state index contributed by atoms with van der Waals surface area (Å²) < 4.78 is 30.2. The van der Waals surface area contributed by atoms with Crippen LogP contribution in [0.25, 0.3) is 0 Å². The highest BCUT2D eigenvalue weighted by Crippen LogP contribution is 2.47. The van der Waals surface area contributed by atoms with Crippen molar-refractivity contribution in [2.24, 2.45) is 0 Å². The summed E-state index contributed by atoms with van der Waals surface area (Å²) in [5.74, 6) is -1.31. The summed E-state index contributed by atoms with van der Waals surface area (Å²) in [6, 6.07) is 0. The van der Waals surface area contributed by atoms with E-state index >= 15 is 0 Å². The van der Waals surface area contributed by atoms with Crippen molar-refractivity contribution in [3.63, 3.8) is 0 Å². The normalized spacial score (nSPS) is 42.8. The summed E-state index contributed by atoms with van der Waals surface area (Å²) in [4.78, 5) is 0. The molecule has 0 unspecified atom stereocenters. The first-order valence-electron chi connectivity index (χ1n) is 8.53. The number of rotatable bonds is 6. The highest BCUT2D eigenvalue weighted by molar-refractivity contribution is 5.15. The molecular formula is C18H29NO5.